The predicted octanol–water partition coefficient (Wildman–Crippen LogP) is 2.99. The maximum absolute atomic E-state index is 12.2. The Balaban J connectivity index is 1.82. The fourth-order valence-corrected chi connectivity index (χ4v) is 2.26. The standard InChI is InChI=1S/C17H18ClNO4/c1-11(17(22)12-4-6-13(18)7-5-12)9-16(21)19-10-14(20)15-3-2-8-23-15/h2-8,11,14,20H,9-10H2,1H3,(H,19,21). The Bertz CT molecular complexity index is 652. The third kappa shape index (κ3) is 4.94. The molecule has 0 aliphatic carbocycles. The van der Waals surface area contributed by atoms with Gasteiger partial charge in [0.1, 0.15) is 11.9 Å². The van der Waals surface area contributed by atoms with Gasteiger partial charge < -0.3 is 14.8 Å². The summed E-state index contributed by atoms with van der Waals surface area (Å²) in [5.74, 6) is -0.499. The van der Waals surface area contributed by atoms with Crippen molar-refractivity contribution in [2.45, 2.75) is 19.4 Å². The molecule has 0 saturated carbocycles. The van der Waals surface area contributed by atoms with Crippen LogP contribution in [0.15, 0.2) is 47.1 Å². The molecule has 0 bridgehead atoms. The van der Waals surface area contributed by atoms with Crippen molar-refractivity contribution in [3.8, 4) is 0 Å². The molecule has 2 N–H and O–H groups in total. The van der Waals surface area contributed by atoms with Crippen molar-refractivity contribution in [1.29, 1.82) is 0 Å². The second-order valence-corrected chi connectivity index (χ2v) is 5.75. The van der Waals surface area contributed by atoms with Gasteiger partial charge in [-0.15, -0.1) is 0 Å². The van der Waals surface area contributed by atoms with E-state index in [1.165, 1.54) is 6.26 Å². The van der Waals surface area contributed by atoms with Crippen molar-refractivity contribution in [2.24, 2.45) is 5.92 Å². The average molecular weight is 336 g/mol. The van der Waals surface area contributed by atoms with Crippen molar-refractivity contribution in [3.05, 3.63) is 59.0 Å². The van der Waals surface area contributed by atoms with Gasteiger partial charge in [-0.25, -0.2) is 0 Å². The van der Waals surface area contributed by atoms with Crippen molar-refractivity contribution in [1.82, 2.24) is 5.32 Å². The Morgan fingerprint density at radius 3 is 2.57 bits per heavy atom. The van der Waals surface area contributed by atoms with Crippen LogP contribution < -0.4 is 5.32 Å². The molecule has 1 amide bonds. The summed E-state index contributed by atoms with van der Waals surface area (Å²) in [6.45, 7) is 1.73. The van der Waals surface area contributed by atoms with E-state index in [4.69, 9.17) is 16.0 Å². The second kappa shape index (κ2) is 7.94. The summed E-state index contributed by atoms with van der Waals surface area (Å²) >= 11 is 5.79. The molecule has 0 fully saturated rings. The lowest BCUT2D eigenvalue weighted by Crippen LogP contribution is -2.30. The Labute approximate surface area is 139 Å². The van der Waals surface area contributed by atoms with Gasteiger partial charge in [-0.2, -0.15) is 0 Å². The molecular formula is C17H18ClNO4. The maximum Gasteiger partial charge on any atom is 0.220 e. The van der Waals surface area contributed by atoms with Crippen LogP contribution in [0.4, 0.5) is 0 Å². The zero-order valence-corrected chi connectivity index (χ0v) is 13.4. The van der Waals surface area contributed by atoms with Gasteiger partial charge in [-0.3, -0.25) is 9.59 Å². The minimum Gasteiger partial charge on any atom is -0.467 e. The van der Waals surface area contributed by atoms with E-state index in [1.54, 1.807) is 43.3 Å². The van der Waals surface area contributed by atoms with Crippen molar-refractivity contribution in [3.63, 3.8) is 0 Å². The monoisotopic (exact) mass is 335 g/mol. The number of benzene rings is 1. The number of furan rings is 1. The molecule has 6 heteroatoms. The van der Waals surface area contributed by atoms with Crippen molar-refractivity contribution < 1.29 is 19.1 Å². The molecule has 23 heavy (non-hydrogen) atoms. The lowest BCUT2D eigenvalue weighted by Gasteiger charge is -2.13. The molecule has 2 atom stereocenters. The molecule has 0 aliphatic rings. The van der Waals surface area contributed by atoms with Crippen LogP contribution >= 0.6 is 11.6 Å². The zero-order chi connectivity index (χ0) is 16.8. The van der Waals surface area contributed by atoms with Gasteiger partial charge in [0.25, 0.3) is 0 Å². The third-order valence-corrected chi connectivity index (χ3v) is 3.68. The molecule has 2 unspecified atom stereocenters. The van der Waals surface area contributed by atoms with Crippen LogP contribution in [0.5, 0.6) is 0 Å². The molecule has 0 saturated heterocycles. The van der Waals surface area contributed by atoms with E-state index in [-0.39, 0.29) is 24.7 Å². The van der Waals surface area contributed by atoms with Gasteiger partial charge in [0.05, 0.1) is 12.8 Å². The summed E-state index contributed by atoms with van der Waals surface area (Å²) in [6, 6.07) is 9.85. The number of halogens is 1. The van der Waals surface area contributed by atoms with E-state index in [0.29, 0.717) is 16.3 Å². The zero-order valence-electron chi connectivity index (χ0n) is 12.7. The van der Waals surface area contributed by atoms with E-state index in [1.807, 2.05) is 0 Å². The minimum absolute atomic E-state index is 0.0359. The predicted molar refractivity (Wildman–Crippen MR) is 86.2 cm³/mol. The van der Waals surface area contributed by atoms with Crippen LogP contribution in [-0.4, -0.2) is 23.3 Å². The molecule has 1 aromatic heterocycles. The van der Waals surface area contributed by atoms with Gasteiger partial charge in [0, 0.05) is 22.9 Å². The molecule has 1 aromatic carbocycles. The first kappa shape index (κ1) is 17.2. The summed E-state index contributed by atoms with van der Waals surface area (Å²) in [5, 5.41) is 13.0. The highest BCUT2D eigenvalue weighted by Gasteiger charge is 2.19. The highest BCUT2D eigenvalue weighted by Crippen LogP contribution is 2.16. The number of aliphatic hydroxyl groups is 1. The number of hydrogen-bond acceptors (Lipinski definition) is 4. The Morgan fingerprint density at radius 2 is 1.96 bits per heavy atom. The van der Waals surface area contributed by atoms with Crippen LogP contribution in [0.3, 0.4) is 0 Å². The summed E-state index contributed by atoms with van der Waals surface area (Å²) in [4.78, 5) is 24.1. The van der Waals surface area contributed by atoms with Crippen LogP contribution in [0.1, 0.15) is 35.6 Å². The summed E-state index contributed by atoms with van der Waals surface area (Å²) < 4.78 is 5.05. The SMILES string of the molecule is CC(CC(=O)NCC(O)c1ccco1)C(=O)c1ccc(Cl)cc1. The number of amides is 1. The highest BCUT2D eigenvalue weighted by atomic mass is 35.5. The summed E-state index contributed by atoms with van der Waals surface area (Å²) in [5.41, 5.74) is 0.519. The Kier molecular flexibility index (Phi) is 5.96. The van der Waals surface area contributed by atoms with Gasteiger partial charge >= 0.3 is 0 Å². The molecular weight excluding hydrogens is 318 g/mol. The lowest BCUT2D eigenvalue weighted by molar-refractivity contribution is -0.122. The van der Waals surface area contributed by atoms with E-state index >= 15 is 0 Å². The van der Waals surface area contributed by atoms with Crippen LogP contribution in [0.2, 0.25) is 5.02 Å². The molecule has 5 nitrogen and oxygen atoms in total. The van der Waals surface area contributed by atoms with Gasteiger partial charge in [-0.1, -0.05) is 18.5 Å². The fraction of sp³-hybridized carbons (Fsp3) is 0.294. The largest absolute Gasteiger partial charge is 0.467 e. The number of hydrogen-bond donors (Lipinski definition) is 2. The van der Waals surface area contributed by atoms with Crippen LogP contribution in [-0.2, 0) is 4.79 Å². The Morgan fingerprint density at radius 1 is 1.26 bits per heavy atom. The molecule has 0 radical (unpaired) electrons. The molecule has 2 aromatic rings. The maximum atomic E-state index is 12.2. The highest BCUT2D eigenvalue weighted by molar-refractivity contribution is 6.30. The van der Waals surface area contributed by atoms with Crippen LogP contribution in [0.25, 0.3) is 0 Å². The fourth-order valence-electron chi connectivity index (χ4n) is 2.13. The van der Waals surface area contributed by atoms with Gasteiger partial charge in [0.15, 0.2) is 5.78 Å². The number of carbonyl (C=O) groups excluding carboxylic acids is 2. The lowest BCUT2D eigenvalue weighted by atomic mass is 9.96. The first-order valence-corrected chi connectivity index (χ1v) is 7.63. The number of aliphatic hydroxyl groups excluding tert-OH is 1. The van der Waals surface area contributed by atoms with Crippen LogP contribution in [0, 0.1) is 5.92 Å². The van der Waals surface area contributed by atoms with E-state index in [0.717, 1.165) is 0 Å². The topological polar surface area (TPSA) is 79.5 Å². The molecule has 0 spiro atoms. The Hall–Kier alpha value is -2.11. The second-order valence-electron chi connectivity index (χ2n) is 5.31. The van der Waals surface area contributed by atoms with Crippen molar-refractivity contribution >= 4 is 23.3 Å². The van der Waals surface area contributed by atoms with Crippen molar-refractivity contribution in [2.75, 3.05) is 6.54 Å². The molecule has 0 aliphatic heterocycles. The van der Waals surface area contributed by atoms with Gasteiger partial charge in [0.2, 0.25) is 5.91 Å². The quantitative estimate of drug-likeness (QED) is 0.762. The molecule has 1 heterocycles. The summed E-state index contributed by atoms with van der Waals surface area (Å²) in [6.07, 6.45) is 0.593. The average Bonchev–Trinajstić information content (AvgIpc) is 3.07. The number of ketones is 1. The normalized spacial score (nSPS) is 13.3. The van der Waals surface area contributed by atoms with E-state index in [2.05, 4.69) is 5.32 Å². The first-order valence-electron chi connectivity index (χ1n) is 7.25. The number of nitrogens with one attached hydrogen (secondary N) is 1. The smallest absolute Gasteiger partial charge is 0.220 e. The number of carbonyl (C=O) groups is 2. The number of Topliss-reactive ketones (excluding diaryl/α,β-unsaturated/α-hetero) is 1. The van der Waals surface area contributed by atoms with Gasteiger partial charge in [-0.05, 0) is 36.4 Å². The molecule has 2 rings (SSSR count). The first-order chi connectivity index (χ1) is 11.0. The number of rotatable bonds is 7. The third-order valence-electron chi connectivity index (χ3n) is 3.43. The van der Waals surface area contributed by atoms with E-state index in [9.17, 15) is 14.7 Å². The minimum atomic E-state index is -0.906. The van der Waals surface area contributed by atoms with E-state index < -0.39 is 12.0 Å². The summed E-state index contributed by atoms with van der Waals surface area (Å²) in [7, 11) is 0. The molecule has 122 valence electrons.